The van der Waals surface area contributed by atoms with Crippen LogP contribution >= 0.6 is 0 Å². The van der Waals surface area contributed by atoms with Gasteiger partial charge in [-0.05, 0) is 72.1 Å². The predicted molar refractivity (Wildman–Crippen MR) is 161 cm³/mol. The predicted octanol–water partition coefficient (Wildman–Crippen LogP) is 8.75. The third-order valence-corrected chi connectivity index (χ3v) is 6.74. The van der Waals surface area contributed by atoms with Gasteiger partial charge in [-0.3, -0.25) is 9.88 Å². The Labute approximate surface area is 248 Å². The number of aromatic nitrogens is 3. The fourth-order valence-electron chi connectivity index (χ4n) is 4.96. The Morgan fingerprint density at radius 2 is 1.30 bits per heavy atom. The van der Waals surface area contributed by atoms with Gasteiger partial charge in [-0.1, -0.05) is 60.7 Å². The van der Waals surface area contributed by atoms with E-state index in [1.54, 1.807) is 12.4 Å². The minimum atomic E-state index is 0. The summed E-state index contributed by atoms with van der Waals surface area (Å²) in [6.45, 7) is 4.22. The van der Waals surface area contributed by atoms with E-state index in [1.807, 2.05) is 60.7 Å². The standard InChI is InChI=1S/C18H17N3.C17H10N.Ir/c1-14-8-7-9-15(2)18(14)21(16-10-3-5-12-19-16)17-11-4-6-13-20-17;1-2-5-12(6-3-1)16-11-14-10-9-13-7-4-8-15(18-16)17(13)14;/h3-13H,1-2H3;1-5,7-11H;/q;-1;. The van der Waals surface area contributed by atoms with Crippen LogP contribution in [0.15, 0.2) is 116 Å². The number of hydrogen-bond acceptors (Lipinski definition) is 4. The third-order valence-electron chi connectivity index (χ3n) is 6.74. The van der Waals surface area contributed by atoms with Crippen molar-refractivity contribution in [2.75, 3.05) is 4.90 Å². The molecule has 1 radical (unpaired) electrons. The normalized spacial score (nSPS) is 10.9. The second-order valence-corrected chi connectivity index (χ2v) is 9.40. The van der Waals surface area contributed by atoms with E-state index in [0.29, 0.717) is 0 Å². The van der Waals surface area contributed by atoms with Crippen LogP contribution in [0.25, 0.3) is 34.3 Å². The summed E-state index contributed by atoms with van der Waals surface area (Å²) in [6, 6.07) is 37.7. The van der Waals surface area contributed by atoms with E-state index >= 15 is 0 Å². The Kier molecular flexibility index (Phi) is 8.25. The van der Waals surface area contributed by atoms with Gasteiger partial charge in [0.2, 0.25) is 0 Å². The van der Waals surface area contributed by atoms with Crippen LogP contribution in [0, 0.1) is 19.9 Å². The van der Waals surface area contributed by atoms with E-state index in [0.717, 1.165) is 34.1 Å². The van der Waals surface area contributed by atoms with Gasteiger partial charge in [0.05, 0.1) is 11.2 Å². The van der Waals surface area contributed by atoms with E-state index in [9.17, 15) is 0 Å². The summed E-state index contributed by atoms with van der Waals surface area (Å²) >= 11 is 0. The Morgan fingerprint density at radius 1 is 0.650 bits per heavy atom. The van der Waals surface area contributed by atoms with Gasteiger partial charge in [-0.15, -0.1) is 35.9 Å². The molecular formula is C35H27IrN4-. The number of para-hydroxylation sites is 1. The summed E-state index contributed by atoms with van der Waals surface area (Å²) in [6.07, 6.45) is 7.92. The molecule has 0 spiro atoms. The molecule has 3 aromatic carbocycles. The molecule has 5 heteroatoms. The van der Waals surface area contributed by atoms with Crippen molar-refractivity contribution < 1.29 is 20.1 Å². The molecule has 0 bridgehead atoms. The van der Waals surface area contributed by atoms with Crippen molar-refractivity contribution in [3.05, 3.63) is 144 Å². The molecule has 0 fully saturated rings. The van der Waals surface area contributed by atoms with E-state index < -0.39 is 0 Å². The molecule has 3 heterocycles. The first-order chi connectivity index (χ1) is 19.2. The Hall–Kier alpha value is -4.44. The van der Waals surface area contributed by atoms with Crippen LogP contribution in [0.2, 0.25) is 0 Å². The molecule has 197 valence electrons. The maximum Gasteiger partial charge on any atom is 0.138 e. The fourth-order valence-corrected chi connectivity index (χ4v) is 4.96. The molecule has 0 saturated carbocycles. The van der Waals surface area contributed by atoms with Gasteiger partial charge < -0.3 is 0 Å². The monoisotopic (exact) mass is 696 g/mol. The molecule has 3 aromatic heterocycles. The number of rotatable bonds is 4. The zero-order valence-corrected chi connectivity index (χ0v) is 24.6. The summed E-state index contributed by atoms with van der Waals surface area (Å²) in [5, 5.41) is 1.26. The van der Waals surface area contributed by atoms with Crippen LogP contribution in [-0.2, 0) is 20.1 Å². The van der Waals surface area contributed by atoms with Crippen molar-refractivity contribution in [2.24, 2.45) is 0 Å². The molecule has 1 aliphatic rings. The van der Waals surface area contributed by atoms with Gasteiger partial charge in [0.25, 0.3) is 0 Å². The molecule has 4 nitrogen and oxygen atoms in total. The van der Waals surface area contributed by atoms with Gasteiger partial charge in [0, 0.05) is 37.9 Å². The van der Waals surface area contributed by atoms with Gasteiger partial charge in [-0.2, -0.15) is 0 Å². The minimum Gasteiger partial charge on any atom is -0.296 e. The van der Waals surface area contributed by atoms with Crippen LogP contribution in [-0.4, -0.2) is 15.0 Å². The quantitative estimate of drug-likeness (QED) is 0.173. The van der Waals surface area contributed by atoms with Crippen molar-refractivity contribution in [1.29, 1.82) is 0 Å². The topological polar surface area (TPSA) is 41.9 Å². The summed E-state index contributed by atoms with van der Waals surface area (Å²) in [5.74, 6) is 1.74. The van der Waals surface area contributed by atoms with Crippen LogP contribution in [0.5, 0.6) is 0 Å². The smallest absolute Gasteiger partial charge is 0.138 e. The van der Waals surface area contributed by atoms with Gasteiger partial charge >= 0.3 is 0 Å². The summed E-state index contributed by atoms with van der Waals surface area (Å²) < 4.78 is 0. The molecule has 0 amide bonds. The molecule has 0 atom stereocenters. The average Bonchev–Trinajstić information content (AvgIpc) is 3.41. The van der Waals surface area contributed by atoms with Gasteiger partial charge in [0.15, 0.2) is 0 Å². The Morgan fingerprint density at radius 3 is 1.93 bits per heavy atom. The zero-order chi connectivity index (χ0) is 26.6. The van der Waals surface area contributed by atoms with Crippen molar-refractivity contribution in [2.45, 2.75) is 13.8 Å². The molecule has 40 heavy (non-hydrogen) atoms. The maximum atomic E-state index is 4.74. The van der Waals surface area contributed by atoms with Gasteiger partial charge in [0.1, 0.15) is 11.6 Å². The number of pyridine rings is 3. The van der Waals surface area contributed by atoms with E-state index in [-0.39, 0.29) is 20.1 Å². The molecular weight excluding hydrogens is 669 g/mol. The van der Waals surface area contributed by atoms with Crippen LogP contribution in [0.3, 0.4) is 0 Å². The minimum absolute atomic E-state index is 0. The molecule has 0 aliphatic heterocycles. The molecule has 0 N–H and O–H groups in total. The van der Waals surface area contributed by atoms with Crippen molar-refractivity contribution in [1.82, 2.24) is 15.0 Å². The number of anilines is 3. The molecule has 1 aliphatic carbocycles. The van der Waals surface area contributed by atoms with Crippen LogP contribution < -0.4 is 4.90 Å². The number of nitrogens with zero attached hydrogens (tertiary/aromatic N) is 4. The summed E-state index contributed by atoms with van der Waals surface area (Å²) in [5.41, 5.74) is 9.14. The number of benzene rings is 3. The van der Waals surface area contributed by atoms with Gasteiger partial charge in [-0.25, -0.2) is 9.97 Å². The van der Waals surface area contributed by atoms with Crippen LogP contribution in [0.4, 0.5) is 17.3 Å². The first-order valence-electron chi connectivity index (χ1n) is 13.0. The SMILES string of the molecule is Cc1cccc(C)c1N(c1ccccn1)c1ccccn1.[Ir].[c-]1ccccc1-c1cc2c3c(cccc3n1)C=C2. The summed E-state index contributed by atoms with van der Waals surface area (Å²) in [7, 11) is 0. The second kappa shape index (κ2) is 12.2. The first kappa shape index (κ1) is 27.1. The Balaban J connectivity index is 0.000000159. The van der Waals surface area contributed by atoms with Crippen molar-refractivity contribution in [3.63, 3.8) is 0 Å². The Bertz CT molecular complexity index is 1710. The number of aryl methyl sites for hydroxylation is 2. The van der Waals surface area contributed by atoms with E-state index in [4.69, 9.17) is 4.98 Å². The molecule has 0 unspecified atom stereocenters. The first-order valence-corrected chi connectivity index (χ1v) is 13.0. The summed E-state index contributed by atoms with van der Waals surface area (Å²) in [4.78, 5) is 15.8. The van der Waals surface area contributed by atoms with Crippen LogP contribution in [0.1, 0.15) is 22.3 Å². The third kappa shape index (κ3) is 5.48. The molecule has 7 rings (SSSR count). The molecule has 6 aromatic rings. The van der Waals surface area contributed by atoms with E-state index in [2.05, 4.69) is 89.4 Å². The maximum absolute atomic E-state index is 4.74. The largest absolute Gasteiger partial charge is 0.296 e. The molecule has 0 saturated heterocycles. The number of hydrogen-bond donors (Lipinski definition) is 0. The second-order valence-electron chi connectivity index (χ2n) is 9.40. The van der Waals surface area contributed by atoms with Crippen molar-refractivity contribution in [3.8, 4) is 11.3 Å². The van der Waals surface area contributed by atoms with Crippen molar-refractivity contribution >= 4 is 40.4 Å². The zero-order valence-electron chi connectivity index (χ0n) is 22.2. The average molecular weight is 696 g/mol. The van der Waals surface area contributed by atoms with E-state index in [1.165, 1.54) is 27.6 Å². The fraction of sp³-hybridized carbons (Fsp3) is 0.0571.